The van der Waals surface area contributed by atoms with E-state index in [1.54, 1.807) is 0 Å². The van der Waals surface area contributed by atoms with Crippen molar-refractivity contribution >= 4 is 23.7 Å². The van der Waals surface area contributed by atoms with E-state index in [0.29, 0.717) is 13.0 Å². The zero-order valence-electron chi connectivity index (χ0n) is 12.6. The fraction of sp³-hybridized carbons (Fsp3) is 0.857. The van der Waals surface area contributed by atoms with Crippen LogP contribution >= 0.6 is 11.6 Å². The van der Waals surface area contributed by atoms with Gasteiger partial charge in [-0.3, -0.25) is 0 Å². The van der Waals surface area contributed by atoms with Crippen molar-refractivity contribution in [1.29, 1.82) is 0 Å². The van der Waals surface area contributed by atoms with Gasteiger partial charge >= 0.3 is 12.1 Å². The molecular weight excluding hydrogens is 282 g/mol. The molecule has 0 aromatic heterocycles. The third-order valence-electron chi connectivity index (χ3n) is 2.59. The van der Waals surface area contributed by atoms with Gasteiger partial charge in [0.25, 0.3) is 0 Å². The molecule has 0 aromatic carbocycles. The number of alkyl halides is 1. The highest BCUT2D eigenvalue weighted by Gasteiger charge is 2.23. The molecule has 0 aliphatic rings. The van der Waals surface area contributed by atoms with E-state index in [2.05, 4.69) is 12.2 Å². The van der Waals surface area contributed by atoms with Crippen molar-refractivity contribution in [1.82, 2.24) is 5.32 Å². The fourth-order valence-electron chi connectivity index (χ4n) is 1.63. The normalized spacial score (nSPS) is 12.1. The Morgan fingerprint density at radius 2 is 1.85 bits per heavy atom. The highest BCUT2D eigenvalue weighted by Crippen LogP contribution is 2.07. The predicted octanol–water partition coefficient (Wildman–Crippen LogP) is 3.10. The first-order valence-electron chi connectivity index (χ1n) is 7.17. The van der Waals surface area contributed by atoms with E-state index in [4.69, 9.17) is 21.1 Å². The minimum atomic E-state index is -0.667. The molecule has 5 nitrogen and oxygen atoms in total. The number of hydrogen-bond donors (Lipinski definition) is 1. The molecule has 1 N–H and O–H groups in total. The number of carbonyl (C=O) groups excluding carboxylic acids is 2. The van der Waals surface area contributed by atoms with Crippen LogP contribution in [0.2, 0.25) is 0 Å². The molecule has 0 aromatic rings. The van der Waals surface area contributed by atoms with Crippen LogP contribution < -0.4 is 5.32 Å². The highest BCUT2D eigenvalue weighted by molar-refractivity contribution is 6.18. The maximum absolute atomic E-state index is 11.9. The summed E-state index contributed by atoms with van der Waals surface area (Å²) in [5.74, 6) is 0.0816. The van der Waals surface area contributed by atoms with Gasteiger partial charge in [-0.2, -0.15) is 0 Å². The van der Waals surface area contributed by atoms with Crippen molar-refractivity contribution in [2.45, 2.75) is 52.5 Å². The molecule has 1 unspecified atom stereocenters. The van der Waals surface area contributed by atoms with Crippen molar-refractivity contribution in [2.24, 2.45) is 5.92 Å². The molecule has 0 spiro atoms. The standard InChI is InChI=1S/C14H26ClNO4/c1-4-5-6-8-19-13(17)12(10-11(2)3)16-14(18)20-9-7-15/h11-12H,4-10H2,1-3H3,(H,16,18). The first-order valence-corrected chi connectivity index (χ1v) is 7.70. The Balaban J connectivity index is 4.24. The topological polar surface area (TPSA) is 64.6 Å². The third kappa shape index (κ3) is 9.89. The summed E-state index contributed by atoms with van der Waals surface area (Å²) in [6, 6.07) is -0.667. The molecule has 0 saturated carbocycles. The number of carbonyl (C=O) groups is 2. The molecule has 0 rings (SSSR count). The van der Waals surface area contributed by atoms with Crippen LogP contribution in [0.25, 0.3) is 0 Å². The molecule has 0 fully saturated rings. The average Bonchev–Trinajstić information content (AvgIpc) is 2.39. The number of esters is 1. The Morgan fingerprint density at radius 3 is 2.40 bits per heavy atom. The molecular formula is C14H26ClNO4. The van der Waals surface area contributed by atoms with E-state index in [9.17, 15) is 9.59 Å². The van der Waals surface area contributed by atoms with Gasteiger partial charge < -0.3 is 14.8 Å². The van der Waals surface area contributed by atoms with Crippen molar-refractivity contribution < 1.29 is 19.1 Å². The number of alkyl carbamates (subject to hydrolysis) is 1. The molecule has 6 heteroatoms. The van der Waals surface area contributed by atoms with Crippen molar-refractivity contribution in [2.75, 3.05) is 19.1 Å². The second-order valence-corrected chi connectivity index (χ2v) is 5.40. The van der Waals surface area contributed by atoms with E-state index in [0.717, 1.165) is 19.3 Å². The van der Waals surface area contributed by atoms with Crippen LogP contribution in [0.5, 0.6) is 0 Å². The van der Waals surface area contributed by atoms with Crippen molar-refractivity contribution in [3.05, 3.63) is 0 Å². The third-order valence-corrected chi connectivity index (χ3v) is 2.74. The van der Waals surface area contributed by atoms with E-state index >= 15 is 0 Å². The highest BCUT2D eigenvalue weighted by atomic mass is 35.5. The molecule has 118 valence electrons. The lowest BCUT2D eigenvalue weighted by molar-refractivity contribution is -0.146. The van der Waals surface area contributed by atoms with E-state index < -0.39 is 18.1 Å². The van der Waals surface area contributed by atoms with Gasteiger partial charge in [-0.25, -0.2) is 9.59 Å². The maximum Gasteiger partial charge on any atom is 0.407 e. The average molecular weight is 308 g/mol. The van der Waals surface area contributed by atoms with Gasteiger partial charge in [0, 0.05) is 0 Å². The Kier molecular flexibility index (Phi) is 11.3. The monoisotopic (exact) mass is 307 g/mol. The summed E-state index contributed by atoms with van der Waals surface area (Å²) in [6.07, 6.45) is 2.81. The van der Waals surface area contributed by atoms with Crippen LogP contribution in [0, 0.1) is 5.92 Å². The van der Waals surface area contributed by atoms with Crippen LogP contribution in [-0.4, -0.2) is 37.2 Å². The Labute approximate surface area is 126 Å². The minimum absolute atomic E-state index is 0.118. The zero-order chi connectivity index (χ0) is 15.4. The lowest BCUT2D eigenvalue weighted by Crippen LogP contribution is -2.43. The number of unbranched alkanes of at least 4 members (excludes halogenated alkanes) is 2. The van der Waals surface area contributed by atoms with Crippen LogP contribution in [0.3, 0.4) is 0 Å². The Bertz CT molecular complexity index is 284. The molecule has 0 aliphatic carbocycles. The quantitative estimate of drug-likeness (QED) is 0.383. The summed E-state index contributed by atoms with van der Waals surface area (Å²) in [7, 11) is 0. The van der Waals surface area contributed by atoms with Crippen molar-refractivity contribution in [3.63, 3.8) is 0 Å². The van der Waals surface area contributed by atoms with Gasteiger partial charge in [0.2, 0.25) is 0 Å². The molecule has 1 amide bonds. The Hall–Kier alpha value is -0.970. The van der Waals surface area contributed by atoms with Crippen LogP contribution in [-0.2, 0) is 14.3 Å². The van der Waals surface area contributed by atoms with E-state index in [1.165, 1.54) is 0 Å². The molecule has 0 saturated heterocycles. The summed E-state index contributed by atoms with van der Waals surface area (Å²) in [5, 5.41) is 2.53. The molecule has 1 atom stereocenters. The summed E-state index contributed by atoms with van der Waals surface area (Å²) in [5.41, 5.74) is 0. The predicted molar refractivity (Wildman–Crippen MR) is 78.9 cm³/mol. The van der Waals surface area contributed by atoms with Crippen LogP contribution in [0.15, 0.2) is 0 Å². The van der Waals surface area contributed by atoms with Crippen LogP contribution in [0.1, 0.15) is 46.5 Å². The van der Waals surface area contributed by atoms with Gasteiger partial charge in [0.1, 0.15) is 12.6 Å². The molecule has 0 radical (unpaired) electrons. The summed E-state index contributed by atoms with van der Waals surface area (Å²) >= 11 is 5.43. The number of rotatable bonds is 10. The lowest BCUT2D eigenvalue weighted by Gasteiger charge is -2.19. The first-order chi connectivity index (χ1) is 9.51. The van der Waals surface area contributed by atoms with Gasteiger partial charge in [0.05, 0.1) is 12.5 Å². The molecule has 0 aliphatic heterocycles. The molecule has 0 bridgehead atoms. The zero-order valence-corrected chi connectivity index (χ0v) is 13.4. The number of nitrogens with one attached hydrogen (secondary N) is 1. The van der Waals surface area contributed by atoms with Crippen molar-refractivity contribution in [3.8, 4) is 0 Å². The second-order valence-electron chi connectivity index (χ2n) is 5.03. The number of halogens is 1. The van der Waals surface area contributed by atoms with E-state index in [1.807, 2.05) is 13.8 Å². The second kappa shape index (κ2) is 11.8. The largest absolute Gasteiger partial charge is 0.464 e. The van der Waals surface area contributed by atoms with Gasteiger partial charge in [-0.1, -0.05) is 33.6 Å². The smallest absolute Gasteiger partial charge is 0.407 e. The molecule has 0 heterocycles. The number of amides is 1. The maximum atomic E-state index is 11.9. The number of ether oxygens (including phenoxy) is 2. The minimum Gasteiger partial charge on any atom is -0.464 e. The summed E-state index contributed by atoms with van der Waals surface area (Å²) in [6.45, 7) is 6.54. The molecule has 20 heavy (non-hydrogen) atoms. The van der Waals surface area contributed by atoms with Gasteiger partial charge in [0.15, 0.2) is 0 Å². The number of hydrogen-bond acceptors (Lipinski definition) is 4. The summed E-state index contributed by atoms with van der Waals surface area (Å²) in [4.78, 5) is 23.4. The first kappa shape index (κ1) is 19.0. The fourth-order valence-corrected chi connectivity index (χ4v) is 1.70. The Morgan fingerprint density at radius 1 is 1.15 bits per heavy atom. The van der Waals surface area contributed by atoms with Gasteiger partial charge in [-0.15, -0.1) is 11.6 Å². The van der Waals surface area contributed by atoms with E-state index in [-0.39, 0.29) is 18.4 Å². The summed E-state index contributed by atoms with van der Waals surface area (Å²) < 4.78 is 9.98. The van der Waals surface area contributed by atoms with Gasteiger partial charge in [-0.05, 0) is 18.8 Å². The SMILES string of the molecule is CCCCCOC(=O)C(CC(C)C)NC(=O)OCCCl. The van der Waals surface area contributed by atoms with Crippen LogP contribution in [0.4, 0.5) is 4.79 Å². The lowest BCUT2D eigenvalue weighted by atomic mass is 10.0.